The van der Waals surface area contributed by atoms with Gasteiger partial charge in [-0.3, -0.25) is 18.6 Å². The number of hydrogen-bond acceptors (Lipinski definition) is 5. The van der Waals surface area contributed by atoms with E-state index in [1.807, 2.05) is 0 Å². The van der Waals surface area contributed by atoms with E-state index in [4.69, 9.17) is 11.2 Å². The summed E-state index contributed by atoms with van der Waals surface area (Å²) in [5, 5.41) is 12.3. The van der Waals surface area contributed by atoms with Crippen molar-refractivity contribution in [3.63, 3.8) is 0 Å². The van der Waals surface area contributed by atoms with Crippen molar-refractivity contribution < 1.29 is 24.6 Å². The number of amides is 1. The Hall–Kier alpha value is -4.21. The van der Waals surface area contributed by atoms with Crippen LogP contribution in [0.1, 0.15) is 50.4 Å². The highest BCUT2D eigenvalue weighted by atomic mass is 19.1. The minimum Gasteiger partial charge on any atom is -0.476 e. The molecule has 0 saturated carbocycles. The van der Waals surface area contributed by atoms with Crippen LogP contribution >= 0.6 is 0 Å². The smallest absolute Gasteiger partial charge is 0.358 e. The monoisotopic (exact) mass is 441 g/mol. The molecule has 4 aromatic rings. The number of hydrogen-bond donors (Lipinski definition) is 3. The number of anilines is 1. The van der Waals surface area contributed by atoms with Crippen LogP contribution in [0.5, 0.6) is 0 Å². The van der Waals surface area contributed by atoms with Gasteiger partial charge in [-0.1, -0.05) is 6.07 Å². The van der Waals surface area contributed by atoms with Gasteiger partial charge in [0, 0.05) is 16.8 Å². The standard InChI is InChI=1S/C22H20FN5O4/c1-10-6-13(11(2)26-16-5-4-12(23)8-14(16)19(24)29)18-15(7-10)21(30)27(3)20-17(22(31)32)25-9-28(18)20/h4-9,11,26H,1-3H3,(H2,24,29)(H,31,32)/i3D3,11D. The normalized spacial score (nSPS) is 15.5. The van der Waals surface area contributed by atoms with E-state index in [1.54, 1.807) is 13.0 Å². The van der Waals surface area contributed by atoms with E-state index in [0.717, 1.165) is 22.9 Å². The molecule has 0 aliphatic heterocycles. The van der Waals surface area contributed by atoms with Crippen molar-refractivity contribution in [2.45, 2.75) is 19.9 Å². The lowest BCUT2D eigenvalue weighted by Crippen LogP contribution is -2.23. The zero-order valence-electron chi connectivity index (χ0n) is 20.9. The number of carbonyl (C=O) groups is 2. The number of fused-ring (bicyclic) bond motifs is 3. The summed E-state index contributed by atoms with van der Waals surface area (Å²) < 4.78 is 47.8. The number of imidazole rings is 1. The van der Waals surface area contributed by atoms with E-state index in [0.29, 0.717) is 10.1 Å². The van der Waals surface area contributed by atoms with Crippen LogP contribution in [0, 0.1) is 12.7 Å². The van der Waals surface area contributed by atoms with Crippen molar-refractivity contribution in [2.24, 2.45) is 12.7 Å². The second-order valence-corrected chi connectivity index (χ2v) is 7.25. The zero-order chi connectivity index (χ0) is 26.7. The first-order valence-corrected chi connectivity index (χ1v) is 9.31. The molecule has 10 heteroatoms. The van der Waals surface area contributed by atoms with Crippen molar-refractivity contribution in [3.05, 3.63) is 75.2 Å². The topological polar surface area (TPSA) is 132 Å². The van der Waals surface area contributed by atoms with E-state index in [1.165, 1.54) is 19.1 Å². The maximum absolute atomic E-state index is 13.7. The van der Waals surface area contributed by atoms with Gasteiger partial charge >= 0.3 is 5.97 Å². The quantitative estimate of drug-likeness (QED) is 0.436. The Morgan fingerprint density at radius 1 is 1.34 bits per heavy atom. The van der Waals surface area contributed by atoms with E-state index >= 15 is 0 Å². The fourth-order valence-electron chi connectivity index (χ4n) is 3.67. The molecule has 1 unspecified atom stereocenters. The number of aromatic nitrogens is 3. The summed E-state index contributed by atoms with van der Waals surface area (Å²) >= 11 is 0. The SMILES string of the molecule is [2H]C(C)(Nc1ccc(F)cc1C(N)=O)c1cc(C)cc2c(=O)n(C([2H])([2H])[2H])c3c(C(=O)O)ncn3c12. The van der Waals surface area contributed by atoms with Crippen molar-refractivity contribution in [2.75, 3.05) is 5.32 Å². The molecule has 2 aromatic carbocycles. The number of nitrogens with one attached hydrogen (secondary N) is 1. The summed E-state index contributed by atoms with van der Waals surface area (Å²) in [6.45, 7) is -0.00909. The van der Waals surface area contributed by atoms with Crippen LogP contribution in [-0.4, -0.2) is 30.9 Å². The first kappa shape index (κ1) is 16.5. The molecule has 4 N–H and O–H groups in total. The van der Waals surface area contributed by atoms with Crippen LogP contribution in [0.3, 0.4) is 0 Å². The van der Waals surface area contributed by atoms with Crippen molar-refractivity contribution >= 4 is 34.1 Å². The fourth-order valence-corrected chi connectivity index (χ4v) is 3.67. The molecule has 9 nitrogen and oxygen atoms in total. The van der Waals surface area contributed by atoms with E-state index in [9.17, 15) is 23.9 Å². The Kier molecular flexibility index (Phi) is 3.85. The summed E-state index contributed by atoms with van der Waals surface area (Å²) in [6.07, 6.45) is 1.06. The summed E-state index contributed by atoms with van der Waals surface area (Å²) in [5.41, 5.74) is 3.72. The molecule has 0 aliphatic carbocycles. The number of nitrogens with zero attached hydrogens (tertiary/aromatic N) is 3. The molecule has 32 heavy (non-hydrogen) atoms. The molecule has 0 radical (unpaired) electrons. The van der Waals surface area contributed by atoms with Gasteiger partial charge in [0.05, 0.1) is 23.9 Å². The third-order valence-electron chi connectivity index (χ3n) is 5.06. The van der Waals surface area contributed by atoms with Crippen LogP contribution in [0.25, 0.3) is 16.6 Å². The number of aromatic carboxylic acids is 1. The highest BCUT2D eigenvalue weighted by Crippen LogP contribution is 2.30. The lowest BCUT2D eigenvalue weighted by molar-refractivity contribution is 0.0692. The summed E-state index contributed by atoms with van der Waals surface area (Å²) in [4.78, 5) is 40.9. The molecule has 2 heterocycles. The Labute approximate surface area is 186 Å². The summed E-state index contributed by atoms with van der Waals surface area (Å²) in [5.74, 6) is -3.20. The molecular formula is C22H20FN5O4. The van der Waals surface area contributed by atoms with Crippen LogP contribution in [0.4, 0.5) is 10.1 Å². The van der Waals surface area contributed by atoms with Gasteiger partial charge in [-0.25, -0.2) is 14.2 Å². The summed E-state index contributed by atoms with van der Waals surface area (Å²) in [6, 6.07) is 4.38. The molecule has 0 spiro atoms. The highest BCUT2D eigenvalue weighted by Gasteiger charge is 2.22. The minimum absolute atomic E-state index is 0.0360. The van der Waals surface area contributed by atoms with Gasteiger partial charge in [0.15, 0.2) is 11.3 Å². The Morgan fingerprint density at radius 3 is 2.75 bits per heavy atom. The molecule has 0 saturated heterocycles. The molecular weight excluding hydrogens is 417 g/mol. The largest absolute Gasteiger partial charge is 0.476 e. The molecule has 1 amide bonds. The van der Waals surface area contributed by atoms with Gasteiger partial charge in [0.1, 0.15) is 12.1 Å². The van der Waals surface area contributed by atoms with Crippen LogP contribution in [-0.2, 0) is 6.98 Å². The maximum atomic E-state index is 13.7. The van der Waals surface area contributed by atoms with Gasteiger partial charge in [-0.15, -0.1) is 0 Å². The van der Waals surface area contributed by atoms with Crippen molar-refractivity contribution in [1.29, 1.82) is 0 Å². The average molecular weight is 441 g/mol. The summed E-state index contributed by atoms with van der Waals surface area (Å²) in [7, 11) is 0. The second-order valence-electron chi connectivity index (χ2n) is 7.25. The lowest BCUT2D eigenvalue weighted by Gasteiger charge is -2.21. The molecule has 4 rings (SSSR count). The lowest BCUT2D eigenvalue weighted by atomic mass is 10.00. The van der Waals surface area contributed by atoms with E-state index in [-0.39, 0.29) is 27.7 Å². The number of benzene rings is 2. The van der Waals surface area contributed by atoms with Gasteiger partial charge in [-0.2, -0.15) is 0 Å². The number of carboxylic acids is 1. The highest BCUT2D eigenvalue weighted by molar-refractivity contribution is 5.99. The molecule has 2 aromatic heterocycles. The predicted octanol–water partition coefficient (Wildman–Crippen LogP) is 2.60. The number of nitrogens with two attached hydrogens (primary N) is 1. The van der Waals surface area contributed by atoms with E-state index in [2.05, 4.69) is 10.3 Å². The number of rotatable bonds is 5. The van der Waals surface area contributed by atoms with Crippen LogP contribution in [0.2, 0.25) is 0 Å². The molecule has 0 fully saturated rings. The number of primary amides is 1. The maximum Gasteiger partial charge on any atom is 0.358 e. The predicted molar refractivity (Wildman–Crippen MR) is 117 cm³/mol. The first-order chi connectivity index (χ1) is 16.6. The van der Waals surface area contributed by atoms with E-state index < -0.39 is 47.6 Å². The van der Waals surface area contributed by atoms with Crippen molar-refractivity contribution in [1.82, 2.24) is 14.0 Å². The Bertz CT molecular complexity index is 1640. The number of halogens is 1. The third kappa shape index (κ3) is 3.25. The minimum atomic E-state index is -3.03. The molecule has 164 valence electrons. The first-order valence-electron chi connectivity index (χ1n) is 11.3. The van der Waals surface area contributed by atoms with Crippen molar-refractivity contribution in [3.8, 4) is 0 Å². The molecule has 1 atom stereocenters. The second kappa shape index (κ2) is 7.49. The van der Waals surface area contributed by atoms with Gasteiger partial charge in [-0.05, 0) is 49.2 Å². The molecule has 0 bridgehead atoms. The number of carboxylic acid groups (broad SMARTS) is 1. The zero-order valence-corrected chi connectivity index (χ0v) is 16.9. The van der Waals surface area contributed by atoms with Gasteiger partial charge < -0.3 is 16.2 Å². The molecule has 0 aliphatic rings. The van der Waals surface area contributed by atoms with Crippen LogP contribution in [0.15, 0.2) is 41.5 Å². The average Bonchev–Trinajstić information content (AvgIpc) is 3.18. The van der Waals surface area contributed by atoms with Gasteiger partial charge in [0.2, 0.25) is 0 Å². The number of aryl methyl sites for hydroxylation is 2. The Balaban J connectivity index is 2.11. The number of carbonyl (C=O) groups excluding carboxylic acids is 1. The third-order valence-corrected chi connectivity index (χ3v) is 5.06. The Morgan fingerprint density at radius 2 is 2.09 bits per heavy atom. The van der Waals surface area contributed by atoms with Gasteiger partial charge in [0.25, 0.3) is 11.5 Å². The van der Waals surface area contributed by atoms with Crippen LogP contribution < -0.4 is 16.6 Å². The fraction of sp³-hybridized carbons (Fsp3) is 0.182.